The van der Waals surface area contributed by atoms with E-state index in [1.165, 1.54) is 6.07 Å². The van der Waals surface area contributed by atoms with E-state index in [2.05, 4.69) is 27.5 Å². The fourth-order valence-corrected chi connectivity index (χ4v) is 3.30. The van der Waals surface area contributed by atoms with Gasteiger partial charge in [0, 0.05) is 42.9 Å². The standard InChI is InChI=1S/C15H20FIN2O/c1-11(20)19-5-3-12(4-6-19)10-18(2)15-8-13(16)7-14(17)9-15/h7-9,12H,3-6,10H2,1-2H3. The van der Waals surface area contributed by atoms with Crippen LogP contribution in [0.3, 0.4) is 0 Å². The molecule has 1 aliphatic heterocycles. The average Bonchev–Trinajstić information content (AvgIpc) is 2.38. The summed E-state index contributed by atoms with van der Waals surface area (Å²) in [6, 6.07) is 5.10. The number of likely N-dealkylation sites (tertiary alicyclic amines) is 1. The highest BCUT2D eigenvalue weighted by molar-refractivity contribution is 14.1. The van der Waals surface area contributed by atoms with Crippen LogP contribution in [0.4, 0.5) is 10.1 Å². The molecule has 0 radical (unpaired) electrons. The zero-order valence-corrected chi connectivity index (χ0v) is 14.1. The molecule has 1 saturated heterocycles. The number of nitrogens with zero attached hydrogens (tertiary/aromatic N) is 2. The lowest BCUT2D eigenvalue weighted by Gasteiger charge is -2.34. The number of anilines is 1. The fourth-order valence-electron chi connectivity index (χ4n) is 2.68. The maximum Gasteiger partial charge on any atom is 0.219 e. The van der Waals surface area contributed by atoms with E-state index in [0.29, 0.717) is 5.92 Å². The topological polar surface area (TPSA) is 23.6 Å². The van der Waals surface area contributed by atoms with Crippen molar-refractivity contribution in [2.75, 3.05) is 31.6 Å². The molecule has 20 heavy (non-hydrogen) atoms. The molecule has 1 amide bonds. The molecular formula is C15H20FIN2O. The third-order valence-corrected chi connectivity index (χ3v) is 4.50. The summed E-state index contributed by atoms with van der Waals surface area (Å²) in [6.45, 7) is 4.22. The van der Waals surface area contributed by atoms with Gasteiger partial charge in [0.25, 0.3) is 0 Å². The molecular weight excluding hydrogens is 370 g/mol. The maximum atomic E-state index is 13.4. The van der Waals surface area contributed by atoms with Crippen molar-refractivity contribution in [3.05, 3.63) is 27.6 Å². The van der Waals surface area contributed by atoms with Crippen molar-refractivity contribution in [3.8, 4) is 0 Å². The van der Waals surface area contributed by atoms with Gasteiger partial charge < -0.3 is 9.80 Å². The Hall–Kier alpha value is -0.850. The molecule has 0 unspecified atom stereocenters. The summed E-state index contributed by atoms with van der Waals surface area (Å²) >= 11 is 2.13. The highest BCUT2D eigenvalue weighted by Crippen LogP contribution is 2.23. The van der Waals surface area contributed by atoms with Crippen LogP contribution in [0, 0.1) is 15.3 Å². The summed E-state index contributed by atoms with van der Waals surface area (Å²) < 4.78 is 14.3. The lowest BCUT2D eigenvalue weighted by Crippen LogP contribution is -2.40. The second kappa shape index (κ2) is 6.74. The minimum Gasteiger partial charge on any atom is -0.374 e. The van der Waals surface area contributed by atoms with E-state index in [4.69, 9.17) is 0 Å². The molecule has 1 aliphatic rings. The number of amides is 1. The van der Waals surface area contributed by atoms with E-state index < -0.39 is 0 Å². The largest absolute Gasteiger partial charge is 0.374 e. The Balaban J connectivity index is 1.92. The lowest BCUT2D eigenvalue weighted by molar-refractivity contribution is -0.130. The van der Waals surface area contributed by atoms with Gasteiger partial charge in [0.15, 0.2) is 0 Å². The van der Waals surface area contributed by atoms with E-state index >= 15 is 0 Å². The first-order valence-corrected chi connectivity index (χ1v) is 7.96. The Labute approximate surface area is 133 Å². The second-order valence-corrected chi connectivity index (χ2v) is 6.70. The van der Waals surface area contributed by atoms with Gasteiger partial charge in [0.1, 0.15) is 5.82 Å². The van der Waals surface area contributed by atoms with Crippen molar-refractivity contribution in [2.24, 2.45) is 5.92 Å². The van der Waals surface area contributed by atoms with Crippen molar-refractivity contribution >= 4 is 34.2 Å². The van der Waals surface area contributed by atoms with Crippen molar-refractivity contribution in [1.29, 1.82) is 0 Å². The third kappa shape index (κ3) is 4.07. The van der Waals surface area contributed by atoms with Crippen LogP contribution >= 0.6 is 22.6 Å². The molecule has 0 saturated carbocycles. The van der Waals surface area contributed by atoms with Crippen LogP contribution in [-0.2, 0) is 4.79 Å². The Kier molecular flexibility index (Phi) is 5.23. The highest BCUT2D eigenvalue weighted by atomic mass is 127. The van der Waals surface area contributed by atoms with Crippen molar-refractivity contribution in [3.63, 3.8) is 0 Å². The average molecular weight is 390 g/mol. The molecule has 2 rings (SSSR count). The van der Waals surface area contributed by atoms with Gasteiger partial charge in [-0.1, -0.05) is 0 Å². The zero-order chi connectivity index (χ0) is 14.7. The zero-order valence-electron chi connectivity index (χ0n) is 11.9. The van der Waals surface area contributed by atoms with E-state index in [1.54, 1.807) is 13.0 Å². The maximum absolute atomic E-state index is 13.4. The molecule has 0 spiro atoms. The van der Waals surface area contributed by atoms with Crippen LogP contribution < -0.4 is 4.90 Å². The molecule has 110 valence electrons. The first kappa shape index (κ1) is 15.5. The molecule has 0 aliphatic carbocycles. The van der Waals surface area contributed by atoms with Crippen molar-refractivity contribution < 1.29 is 9.18 Å². The Morgan fingerprint density at radius 2 is 2.05 bits per heavy atom. The van der Waals surface area contributed by atoms with Gasteiger partial charge in [-0.2, -0.15) is 0 Å². The summed E-state index contributed by atoms with van der Waals surface area (Å²) in [6.07, 6.45) is 2.05. The quantitative estimate of drug-likeness (QED) is 0.741. The lowest BCUT2D eigenvalue weighted by atomic mass is 9.96. The highest BCUT2D eigenvalue weighted by Gasteiger charge is 2.21. The number of rotatable bonds is 3. The van der Waals surface area contributed by atoms with Gasteiger partial charge in [0.2, 0.25) is 5.91 Å². The van der Waals surface area contributed by atoms with Crippen LogP contribution in [0.5, 0.6) is 0 Å². The molecule has 3 nitrogen and oxygen atoms in total. The van der Waals surface area contributed by atoms with Crippen molar-refractivity contribution in [1.82, 2.24) is 4.90 Å². The van der Waals surface area contributed by atoms with Crippen LogP contribution in [0.2, 0.25) is 0 Å². The van der Waals surface area contributed by atoms with Gasteiger partial charge in [-0.05, 0) is 59.5 Å². The summed E-state index contributed by atoms with van der Waals surface area (Å²) in [5.74, 6) is 0.540. The fraction of sp³-hybridized carbons (Fsp3) is 0.533. The third-order valence-electron chi connectivity index (χ3n) is 3.88. The first-order chi connectivity index (χ1) is 9.45. The van der Waals surface area contributed by atoms with Crippen LogP contribution in [0.25, 0.3) is 0 Å². The van der Waals surface area contributed by atoms with Gasteiger partial charge in [-0.15, -0.1) is 0 Å². The van der Waals surface area contributed by atoms with E-state index in [1.807, 2.05) is 18.0 Å². The Bertz CT molecular complexity index is 467. The number of carbonyl (C=O) groups excluding carboxylic acids is 1. The Morgan fingerprint density at radius 3 is 2.60 bits per heavy atom. The van der Waals surface area contributed by atoms with Crippen LogP contribution in [0.15, 0.2) is 18.2 Å². The Morgan fingerprint density at radius 1 is 1.40 bits per heavy atom. The van der Waals surface area contributed by atoms with E-state index in [9.17, 15) is 9.18 Å². The second-order valence-electron chi connectivity index (χ2n) is 5.46. The monoisotopic (exact) mass is 390 g/mol. The molecule has 0 aromatic heterocycles. The minimum atomic E-state index is -0.190. The summed E-state index contributed by atoms with van der Waals surface area (Å²) in [5.41, 5.74) is 0.920. The number of carbonyl (C=O) groups is 1. The molecule has 1 aromatic rings. The van der Waals surface area contributed by atoms with Crippen LogP contribution in [-0.4, -0.2) is 37.5 Å². The minimum absolute atomic E-state index is 0.163. The summed E-state index contributed by atoms with van der Waals surface area (Å²) in [5, 5.41) is 0. The van der Waals surface area contributed by atoms with Crippen molar-refractivity contribution in [2.45, 2.75) is 19.8 Å². The molecule has 0 atom stereocenters. The van der Waals surface area contributed by atoms with E-state index in [0.717, 1.165) is 41.7 Å². The predicted molar refractivity (Wildman–Crippen MR) is 87.4 cm³/mol. The molecule has 5 heteroatoms. The normalized spacial score (nSPS) is 16.3. The number of piperidine rings is 1. The number of hydrogen-bond acceptors (Lipinski definition) is 2. The predicted octanol–water partition coefficient (Wildman–Crippen LogP) is 3.13. The number of hydrogen-bond donors (Lipinski definition) is 0. The summed E-state index contributed by atoms with van der Waals surface area (Å²) in [7, 11) is 2.00. The van der Waals surface area contributed by atoms with E-state index in [-0.39, 0.29) is 11.7 Å². The van der Waals surface area contributed by atoms with Gasteiger partial charge in [0.05, 0.1) is 0 Å². The number of benzene rings is 1. The summed E-state index contributed by atoms with van der Waals surface area (Å²) in [4.78, 5) is 15.3. The molecule has 1 fully saturated rings. The number of halogens is 2. The van der Waals surface area contributed by atoms with Gasteiger partial charge in [-0.25, -0.2) is 4.39 Å². The molecule has 0 bridgehead atoms. The molecule has 0 N–H and O–H groups in total. The smallest absolute Gasteiger partial charge is 0.219 e. The van der Waals surface area contributed by atoms with Crippen LogP contribution in [0.1, 0.15) is 19.8 Å². The molecule has 1 heterocycles. The van der Waals surface area contributed by atoms with Gasteiger partial charge in [-0.3, -0.25) is 4.79 Å². The first-order valence-electron chi connectivity index (χ1n) is 6.88. The molecule has 1 aromatic carbocycles. The SMILES string of the molecule is CC(=O)N1CCC(CN(C)c2cc(F)cc(I)c2)CC1. The van der Waals surface area contributed by atoms with Gasteiger partial charge >= 0.3 is 0 Å².